The number of amides is 3. The van der Waals surface area contributed by atoms with Crippen molar-refractivity contribution < 1.29 is 23.9 Å². The van der Waals surface area contributed by atoms with Crippen molar-refractivity contribution in [3.63, 3.8) is 0 Å². The van der Waals surface area contributed by atoms with Gasteiger partial charge in [0.1, 0.15) is 18.9 Å². The van der Waals surface area contributed by atoms with Crippen molar-refractivity contribution in [3.8, 4) is 5.75 Å². The monoisotopic (exact) mass is 373 g/mol. The summed E-state index contributed by atoms with van der Waals surface area (Å²) in [6.45, 7) is 2.42. The molecular weight excluding hydrogens is 350 g/mol. The van der Waals surface area contributed by atoms with Gasteiger partial charge in [-0.3, -0.25) is 9.69 Å². The van der Waals surface area contributed by atoms with E-state index in [4.69, 9.17) is 9.47 Å². The van der Waals surface area contributed by atoms with E-state index < -0.39 is 18.0 Å². The zero-order valence-corrected chi connectivity index (χ0v) is 15.4. The van der Waals surface area contributed by atoms with Crippen LogP contribution in [0, 0.1) is 0 Å². The number of ether oxygens (including phenoxy) is 2. The molecule has 8 nitrogen and oxygen atoms in total. The average molecular weight is 373 g/mol. The molecule has 8 heteroatoms. The van der Waals surface area contributed by atoms with Crippen LogP contribution in [0.25, 0.3) is 0 Å². The van der Waals surface area contributed by atoms with Crippen LogP contribution >= 0.6 is 0 Å². The van der Waals surface area contributed by atoms with E-state index in [1.54, 1.807) is 31.4 Å². The Morgan fingerprint density at radius 1 is 1.33 bits per heavy atom. The topological polar surface area (TPSA) is 97.0 Å². The molecule has 0 fully saturated rings. The van der Waals surface area contributed by atoms with Crippen molar-refractivity contribution in [1.29, 1.82) is 0 Å². The predicted molar refractivity (Wildman–Crippen MR) is 96.9 cm³/mol. The van der Waals surface area contributed by atoms with Gasteiger partial charge in [0.25, 0.3) is 0 Å². The van der Waals surface area contributed by atoms with Gasteiger partial charge in [-0.15, -0.1) is 0 Å². The molecule has 0 radical (unpaired) electrons. The first kappa shape index (κ1) is 18.8. The van der Waals surface area contributed by atoms with Crippen LogP contribution in [0.3, 0.4) is 0 Å². The van der Waals surface area contributed by atoms with Gasteiger partial charge in [-0.25, -0.2) is 9.59 Å². The number of hydrogen-bond donors (Lipinski definition) is 2. The van der Waals surface area contributed by atoms with E-state index in [1.807, 2.05) is 6.92 Å². The molecule has 27 heavy (non-hydrogen) atoms. The van der Waals surface area contributed by atoms with Crippen molar-refractivity contribution in [2.45, 2.75) is 25.8 Å². The van der Waals surface area contributed by atoms with E-state index in [2.05, 4.69) is 10.6 Å². The fourth-order valence-corrected chi connectivity index (χ4v) is 3.13. The quantitative estimate of drug-likeness (QED) is 0.558. The van der Waals surface area contributed by atoms with E-state index >= 15 is 0 Å². The minimum Gasteiger partial charge on any atom is -0.497 e. The number of urea groups is 1. The Balaban J connectivity index is 1.83. The molecule has 3 amide bonds. The molecule has 2 heterocycles. The van der Waals surface area contributed by atoms with Gasteiger partial charge in [0, 0.05) is 6.54 Å². The molecule has 1 atom stereocenters. The van der Waals surface area contributed by atoms with E-state index in [1.165, 1.54) is 4.90 Å². The van der Waals surface area contributed by atoms with Crippen LogP contribution in [0.5, 0.6) is 5.75 Å². The number of rotatable bonds is 7. The summed E-state index contributed by atoms with van der Waals surface area (Å²) in [6.07, 6.45) is 1.83. The molecule has 2 aliphatic heterocycles. The zero-order chi connectivity index (χ0) is 19.4. The number of carbonyl (C=O) groups excluding carboxylic acids is 3. The highest BCUT2D eigenvalue weighted by atomic mass is 16.5. The van der Waals surface area contributed by atoms with Crippen molar-refractivity contribution in [2.75, 3.05) is 26.8 Å². The van der Waals surface area contributed by atoms with Gasteiger partial charge >= 0.3 is 12.0 Å². The number of benzene rings is 1. The highest BCUT2D eigenvalue weighted by molar-refractivity contribution is 5.98. The van der Waals surface area contributed by atoms with Gasteiger partial charge in [-0.05, 0) is 24.1 Å². The molecule has 3 rings (SSSR count). The molecular formula is C19H23N3O5. The lowest BCUT2D eigenvalue weighted by Gasteiger charge is -2.32. The minimum absolute atomic E-state index is 0.0174. The van der Waals surface area contributed by atoms with Crippen LogP contribution in [0.2, 0.25) is 0 Å². The molecule has 144 valence electrons. The lowest BCUT2D eigenvalue weighted by molar-refractivity contribution is -0.136. The highest BCUT2D eigenvalue weighted by Crippen LogP contribution is 2.35. The number of nitrogens with zero attached hydrogens (tertiary/aromatic N) is 1. The van der Waals surface area contributed by atoms with Gasteiger partial charge in [0.15, 0.2) is 0 Å². The first-order chi connectivity index (χ1) is 13.0. The number of nitrogens with one attached hydrogen (secondary N) is 2. The van der Waals surface area contributed by atoms with Crippen LogP contribution in [-0.2, 0) is 14.3 Å². The Morgan fingerprint density at radius 2 is 2.07 bits per heavy atom. The first-order valence-corrected chi connectivity index (χ1v) is 8.94. The molecule has 2 aliphatic rings. The van der Waals surface area contributed by atoms with Crippen molar-refractivity contribution in [3.05, 3.63) is 41.1 Å². The van der Waals surface area contributed by atoms with Gasteiger partial charge in [-0.2, -0.15) is 0 Å². The number of unbranched alkanes of at least 4 members (excludes halogenated alkanes) is 1. The molecule has 0 saturated heterocycles. The second-order valence-electron chi connectivity index (χ2n) is 6.38. The highest BCUT2D eigenvalue weighted by Gasteiger charge is 2.42. The fourth-order valence-electron chi connectivity index (χ4n) is 3.13. The Hall–Kier alpha value is -3.03. The number of esters is 1. The molecule has 2 N–H and O–H groups in total. The lowest BCUT2D eigenvalue weighted by atomic mass is 9.95. The third-order valence-corrected chi connectivity index (χ3v) is 4.60. The SMILES string of the molecule is CCCCNC(=O)CN1C(=O)N[C@H](c2ccc(OC)cc2)C2=C1COC2=O. The van der Waals surface area contributed by atoms with Crippen LogP contribution in [0.1, 0.15) is 31.4 Å². The number of cyclic esters (lactones) is 1. The molecule has 0 aliphatic carbocycles. The predicted octanol–water partition coefficient (Wildman–Crippen LogP) is 1.49. The third kappa shape index (κ3) is 3.89. The summed E-state index contributed by atoms with van der Waals surface area (Å²) in [6, 6.07) is 6.04. The summed E-state index contributed by atoms with van der Waals surface area (Å²) in [7, 11) is 1.57. The molecule has 1 aromatic carbocycles. The molecule has 0 unspecified atom stereocenters. The summed E-state index contributed by atoms with van der Waals surface area (Å²) in [4.78, 5) is 38.3. The van der Waals surface area contributed by atoms with E-state index in [0.717, 1.165) is 18.4 Å². The molecule has 0 bridgehead atoms. The van der Waals surface area contributed by atoms with Gasteiger partial charge < -0.3 is 20.1 Å². The van der Waals surface area contributed by atoms with Crippen molar-refractivity contribution >= 4 is 17.9 Å². The Kier molecular flexibility index (Phi) is 5.63. The van der Waals surface area contributed by atoms with E-state index in [-0.39, 0.29) is 19.1 Å². The summed E-state index contributed by atoms with van der Waals surface area (Å²) >= 11 is 0. The molecule has 1 aromatic rings. The van der Waals surface area contributed by atoms with Gasteiger partial charge in [0.05, 0.1) is 24.4 Å². The Morgan fingerprint density at radius 3 is 2.74 bits per heavy atom. The minimum atomic E-state index is -0.618. The summed E-state index contributed by atoms with van der Waals surface area (Å²) in [5.41, 5.74) is 1.54. The van der Waals surface area contributed by atoms with Crippen LogP contribution < -0.4 is 15.4 Å². The molecule has 0 aromatic heterocycles. The maximum Gasteiger partial charge on any atom is 0.338 e. The van der Waals surface area contributed by atoms with Gasteiger partial charge in [0.2, 0.25) is 5.91 Å². The summed E-state index contributed by atoms with van der Waals surface area (Å²) in [5, 5.41) is 5.58. The standard InChI is InChI=1S/C19H23N3O5/c1-3-4-9-20-15(23)10-22-14-11-27-18(24)16(14)17(21-19(22)25)12-5-7-13(26-2)8-6-12/h5-8,17H,3-4,9-11H2,1-2H3,(H,20,23)(H,21,25)/t17-/m1/s1. The second-order valence-corrected chi connectivity index (χ2v) is 6.38. The van der Waals surface area contributed by atoms with Crippen molar-refractivity contribution in [1.82, 2.24) is 15.5 Å². The maximum absolute atomic E-state index is 12.6. The normalized spacial score (nSPS) is 18.7. The van der Waals surface area contributed by atoms with Crippen molar-refractivity contribution in [2.24, 2.45) is 0 Å². The van der Waals surface area contributed by atoms with E-state index in [9.17, 15) is 14.4 Å². The molecule has 0 saturated carbocycles. The Labute approximate surface area is 157 Å². The maximum atomic E-state index is 12.6. The number of methoxy groups -OCH3 is 1. The van der Waals surface area contributed by atoms with Crippen LogP contribution in [0.4, 0.5) is 4.79 Å². The van der Waals surface area contributed by atoms with Crippen LogP contribution in [0.15, 0.2) is 35.5 Å². The van der Waals surface area contributed by atoms with Gasteiger partial charge in [-0.1, -0.05) is 25.5 Å². The Bertz CT molecular complexity index is 772. The lowest BCUT2D eigenvalue weighted by Crippen LogP contribution is -2.50. The second kappa shape index (κ2) is 8.11. The largest absolute Gasteiger partial charge is 0.497 e. The number of carbonyl (C=O) groups is 3. The molecule has 0 spiro atoms. The average Bonchev–Trinajstić information content (AvgIpc) is 3.06. The summed E-state index contributed by atoms with van der Waals surface area (Å²) < 4.78 is 10.3. The number of hydrogen-bond acceptors (Lipinski definition) is 5. The zero-order valence-electron chi connectivity index (χ0n) is 15.4. The first-order valence-electron chi connectivity index (χ1n) is 8.94. The third-order valence-electron chi connectivity index (χ3n) is 4.60. The van der Waals surface area contributed by atoms with E-state index in [0.29, 0.717) is 23.6 Å². The summed E-state index contributed by atoms with van der Waals surface area (Å²) in [5.74, 6) is -0.0793. The van der Waals surface area contributed by atoms with Crippen LogP contribution in [-0.4, -0.2) is 49.6 Å². The smallest absolute Gasteiger partial charge is 0.338 e. The fraction of sp³-hybridized carbons (Fsp3) is 0.421.